The van der Waals surface area contributed by atoms with Gasteiger partial charge in [-0.1, -0.05) is 59.6 Å². The quantitative estimate of drug-likeness (QED) is 0.615. The van der Waals surface area contributed by atoms with E-state index in [1.807, 2.05) is 30.3 Å². The lowest BCUT2D eigenvalue weighted by atomic mass is 10.1. The number of pyridine rings is 1. The van der Waals surface area contributed by atoms with E-state index in [0.717, 1.165) is 16.6 Å². The molecule has 0 spiro atoms. The molecule has 0 aliphatic heterocycles. The molecule has 1 aromatic heterocycles. The standard InChI is InChI=1S/C18H14ClN/c1-13-2-4-14(5-3-13)6-10-17-11-8-15-7-9-16(19)12-18(15)20-17/h2-12H,1H3/b10-6+. The van der Waals surface area contributed by atoms with Gasteiger partial charge in [-0.25, -0.2) is 4.98 Å². The summed E-state index contributed by atoms with van der Waals surface area (Å²) >= 11 is 6.00. The van der Waals surface area contributed by atoms with Crippen LogP contribution in [0.25, 0.3) is 23.1 Å². The van der Waals surface area contributed by atoms with Crippen LogP contribution in [-0.2, 0) is 0 Å². The molecular weight excluding hydrogens is 266 g/mol. The van der Waals surface area contributed by atoms with Crippen LogP contribution in [-0.4, -0.2) is 4.98 Å². The highest BCUT2D eigenvalue weighted by atomic mass is 35.5. The molecule has 0 atom stereocenters. The smallest absolute Gasteiger partial charge is 0.0724 e. The topological polar surface area (TPSA) is 12.9 Å². The molecule has 0 unspecified atom stereocenters. The van der Waals surface area contributed by atoms with Crippen molar-refractivity contribution in [2.24, 2.45) is 0 Å². The van der Waals surface area contributed by atoms with E-state index in [1.54, 1.807) is 0 Å². The van der Waals surface area contributed by atoms with E-state index in [9.17, 15) is 0 Å². The largest absolute Gasteiger partial charge is 0.248 e. The van der Waals surface area contributed by atoms with Crippen LogP contribution in [0, 0.1) is 6.92 Å². The number of aryl methyl sites for hydroxylation is 1. The average molecular weight is 280 g/mol. The summed E-state index contributed by atoms with van der Waals surface area (Å²) in [7, 11) is 0. The Morgan fingerprint density at radius 2 is 1.65 bits per heavy atom. The first-order chi connectivity index (χ1) is 9.70. The van der Waals surface area contributed by atoms with Gasteiger partial charge in [-0.2, -0.15) is 0 Å². The number of nitrogens with zero attached hydrogens (tertiary/aromatic N) is 1. The van der Waals surface area contributed by atoms with E-state index in [1.165, 1.54) is 11.1 Å². The molecule has 0 N–H and O–H groups in total. The second kappa shape index (κ2) is 5.48. The molecule has 0 aliphatic rings. The summed E-state index contributed by atoms with van der Waals surface area (Å²) in [4.78, 5) is 4.60. The minimum Gasteiger partial charge on any atom is -0.248 e. The third-order valence-electron chi connectivity index (χ3n) is 3.20. The van der Waals surface area contributed by atoms with Gasteiger partial charge in [0.1, 0.15) is 0 Å². The lowest BCUT2D eigenvalue weighted by Crippen LogP contribution is -1.83. The summed E-state index contributed by atoms with van der Waals surface area (Å²) in [6, 6.07) is 18.2. The summed E-state index contributed by atoms with van der Waals surface area (Å²) in [6.45, 7) is 2.09. The summed E-state index contributed by atoms with van der Waals surface area (Å²) < 4.78 is 0. The van der Waals surface area contributed by atoms with Gasteiger partial charge in [0.15, 0.2) is 0 Å². The SMILES string of the molecule is Cc1ccc(/C=C/c2ccc3ccc(Cl)cc3n2)cc1. The van der Waals surface area contributed by atoms with Crippen molar-refractivity contribution in [3.05, 3.63) is 76.4 Å². The zero-order valence-electron chi connectivity index (χ0n) is 11.2. The lowest BCUT2D eigenvalue weighted by Gasteiger charge is -2.00. The highest BCUT2D eigenvalue weighted by molar-refractivity contribution is 6.31. The first-order valence-corrected chi connectivity index (χ1v) is 6.89. The molecule has 20 heavy (non-hydrogen) atoms. The van der Waals surface area contributed by atoms with Crippen LogP contribution in [0.3, 0.4) is 0 Å². The first kappa shape index (κ1) is 12.9. The van der Waals surface area contributed by atoms with Gasteiger partial charge in [-0.3, -0.25) is 0 Å². The number of rotatable bonds is 2. The highest BCUT2D eigenvalue weighted by Crippen LogP contribution is 2.18. The summed E-state index contributed by atoms with van der Waals surface area (Å²) in [6.07, 6.45) is 4.09. The molecule has 0 amide bonds. The molecule has 0 aliphatic carbocycles. The number of halogens is 1. The minimum atomic E-state index is 0.713. The summed E-state index contributed by atoms with van der Waals surface area (Å²) in [5.74, 6) is 0. The zero-order chi connectivity index (χ0) is 13.9. The van der Waals surface area contributed by atoms with Gasteiger partial charge in [-0.15, -0.1) is 0 Å². The monoisotopic (exact) mass is 279 g/mol. The van der Waals surface area contributed by atoms with Crippen molar-refractivity contribution in [1.29, 1.82) is 0 Å². The fraction of sp³-hybridized carbons (Fsp3) is 0.0556. The van der Waals surface area contributed by atoms with Crippen LogP contribution in [0.4, 0.5) is 0 Å². The molecule has 2 heteroatoms. The van der Waals surface area contributed by atoms with Crippen molar-refractivity contribution >= 4 is 34.7 Å². The third-order valence-corrected chi connectivity index (χ3v) is 3.43. The Morgan fingerprint density at radius 1 is 0.900 bits per heavy atom. The second-order valence-corrected chi connectivity index (χ2v) is 5.25. The number of hydrogen-bond donors (Lipinski definition) is 0. The minimum absolute atomic E-state index is 0.713. The molecule has 2 aromatic carbocycles. The average Bonchev–Trinajstić information content (AvgIpc) is 2.46. The molecule has 0 radical (unpaired) electrons. The van der Waals surface area contributed by atoms with Crippen molar-refractivity contribution in [2.75, 3.05) is 0 Å². The van der Waals surface area contributed by atoms with E-state index in [0.29, 0.717) is 5.02 Å². The fourth-order valence-corrected chi connectivity index (χ4v) is 2.22. The Balaban J connectivity index is 1.92. The molecular formula is C18H14ClN. The Morgan fingerprint density at radius 3 is 2.45 bits per heavy atom. The van der Waals surface area contributed by atoms with Gasteiger partial charge in [0, 0.05) is 10.4 Å². The number of aromatic nitrogens is 1. The van der Waals surface area contributed by atoms with Crippen molar-refractivity contribution in [3.63, 3.8) is 0 Å². The van der Waals surface area contributed by atoms with Crippen molar-refractivity contribution in [1.82, 2.24) is 4.98 Å². The summed E-state index contributed by atoms with van der Waals surface area (Å²) in [5.41, 5.74) is 4.29. The maximum absolute atomic E-state index is 6.00. The van der Waals surface area contributed by atoms with E-state index in [4.69, 9.17) is 11.6 Å². The fourth-order valence-electron chi connectivity index (χ4n) is 2.06. The van der Waals surface area contributed by atoms with Gasteiger partial charge < -0.3 is 0 Å². The maximum atomic E-state index is 6.00. The molecule has 98 valence electrons. The van der Waals surface area contributed by atoms with Crippen molar-refractivity contribution in [3.8, 4) is 0 Å². The van der Waals surface area contributed by atoms with E-state index in [-0.39, 0.29) is 0 Å². The molecule has 1 heterocycles. The molecule has 0 saturated carbocycles. The molecule has 3 aromatic rings. The third kappa shape index (κ3) is 2.89. The van der Waals surface area contributed by atoms with Gasteiger partial charge in [0.25, 0.3) is 0 Å². The van der Waals surface area contributed by atoms with Gasteiger partial charge in [-0.05, 0) is 36.8 Å². The zero-order valence-corrected chi connectivity index (χ0v) is 11.9. The van der Waals surface area contributed by atoms with Crippen LogP contribution in [0.1, 0.15) is 16.8 Å². The number of benzene rings is 2. The molecule has 3 rings (SSSR count). The second-order valence-electron chi connectivity index (χ2n) is 4.82. The van der Waals surface area contributed by atoms with Crippen LogP contribution in [0.5, 0.6) is 0 Å². The predicted octanol–water partition coefficient (Wildman–Crippen LogP) is 5.37. The Kier molecular flexibility index (Phi) is 3.53. The predicted molar refractivity (Wildman–Crippen MR) is 86.9 cm³/mol. The molecule has 1 nitrogen and oxygen atoms in total. The number of fused-ring (bicyclic) bond motifs is 1. The van der Waals surface area contributed by atoms with Crippen molar-refractivity contribution in [2.45, 2.75) is 6.92 Å². The lowest BCUT2D eigenvalue weighted by molar-refractivity contribution is 1.37. The van der Waals surface area contributed by atoms with E-state index < -0.39 is 0 Å². The Hall–Kier alpha value is -2.12. The Bertz CT molecular complexity index is 773. The Labute approximate surface area is 123 Å². The van der Waals surface area contributed by atoms with Crippen LogP contribution in [0.15, 0.2) is 54.6 Å². The molecule has 0 bridgehead atoms. The van der Waals surface area contributed by atoms with E-state index in [2.05, 4.69) is 48.3 Å². The summed E-state index contributed by atoms with van der Waals surface area (Å²) in [5, 5.41) is 1.81. The van der Waals surface area contributed by atoms with Crippen LogP contribution < -0.4 is 0 Å². The number of hydrogen-bond acceptors (Lipinski definition) is 1. The van der Waals surface area contributed by atoms with Gasteiger partial charge in [0.2, 0.25) is 0 Å². The van der Waals surface area contributed by atoms with Crippen LogP contribution >= 0.6 is 11.6 Å². The van der Waals surface area contributed by atoms with Gasteiger partial charge in [0.05, 0.1) is 11.2 Å². The normalized spacial score (nSPS) is 11.3. The molecule has 0 saturated heterocycles. The first-order valence-electron chi connectivity index (χ1n) is 6.52. The van der Waals surface area contributed by atoms with Gasteiger partial charge >= 0.3 is 0 Å². The maximum Gasteiger partial charge on any atom is 0.0724 e. The van der Waals surface area contributed by atoms with Crippen molar-refractivity contribution < 1.29 is 0 Å². The highest BCUT2D eigenvalue weighted by Gasteiger charge is 1.97. The molecule has 0 fully saturated rings. The van der Waals surface area contributed by atoms with Crippen LogP contribution in [0.2, 0.25) is 5.02 Å². The van der Waals surface area contributed by atoms with E-state index >= 15 is 0 Å².